The highest BCUT2D eigenvalue weighted by molar-refractivity contribution is 8.43. The minimum atomic E-state index is -2.55. The summed E-state index contributed by atoms with van der Waals surface area (Å²) in [5.41, 5.74) is 0. The quantitative estimate of drug-likeness (QED) is 0.451. The van der Waals surface area contributed by atoms with Crippen LogP contribution in [0.15, 0.2) is 0 Å². The van der Waals surface area contributed by atoms with Crippen LogP contribution in [0.4, 0.5) is 3.89 Å². The number of hydrogen-bond acceptors (Lipinski definition) is 0. The Balaban J connectivity index is 3.73. The molecule has 0 saturated heterocycles. The van der Waals surface area contributed by atoms with E-state index in [1.54, 1.807) is 25.0 Å². The summed E-state index contributed by atoms with van der Waals surface area (Å²) in [6.45, 7) is 0. The number of thiol groups is 1. The van der Waals surface area contributed by atoms with Crippen molar-refractivity contribution in [3.8, 4) is 0 Å². The van der Waals surface area contributed by atoms with E-state index in [0.717, 1.165) is 0 Å². The molecule has 0 amide bonds. The fraction of sp³-hybridized carbons (Fsp3) is 1.00. The van der Waals surface area contributed by atoms with Crippen molar-refractivity contribution >= 4 is 9.55 Å². The molecule has 0 unspecified atom stereocenters. The van der Waals surface area contributed by atoms with Crippen molar-refractivity contribution in [3.05, 3.63) is 0 Å². The van der Waals surface area contributed by atoms with E-state index in [4.69, 9.17) is 0 Å². The standard InChI is InChI=1S/C4H13FS/c1-6(2,3,4)5/h6H,1-4H3. The average molecular weight is 112 g/mol. The van der Waals surface area contributed by atoms with Crippen LogP contribution in [-0.4, -0.2) is 25.0 Å². The summed E-state index contributed by atoms with van der Waals surface area (Å²) >= 11 is 0. The third-order valence-corrected chi connectivity index (χ3v) is 0. The van der Waals surface area contributed by atoms with Crippen molar-refractivity contribution in [3.63, 3.8) is 0 Å². The van der Waals surface area contributed by atoms with Gasteiger partial charge in [0.1, 0.15) is 0 Å². The van der Waals surface area contributed by atoms with Gasteiger partial charge in [-0.05, 0) is 25.0 Å². The van der Waals surface area contributed by atoms with Crippen LogP contribution < -0.4 is 0 Å². The maximum absolute atomic E-state index is 12.5. The Morgan fingerprint density at radius 2 is 1.00 bits per heavy atom. The second kappa shape index (κ2) is 0.915. The lowest BCUT2D eigenvalue weighted by molar-refractivity contribution is 0.890. The molecule has 0 bridgehead atoms. The van der Waals surface area contributed by atoms with Crippen LogP contribution in [0.1, 0.15) is 0 Å². The fourth-order valence-corrected chi connectivity index (χ4v) is 0. The molecule has 6 heavy (non-hydrogen) atoms. The molecule has 0 atom stereocenters. The van der Waals surface area contributed by atoms with Gasteiger partial charge in [-0.3, -0.25) is 0 Å². The molecule has 0 aliphatic heterocycles. The van der Waals surface area contributed by atoms with Gasteiger partial charge in [-0.15, -0.1) is 0 Å². The Morgan fingerprint density at radius 1 is 1.00 bits per heavy atom. The average Bonchev–Trinajstić information content (AvgIpc) is 0.650. The van der Waals surface area contributed by atoms with E-state index < -0.39 is 9.55 Å². The number of hydrogen-bond donors (Lipinski definition) is 1. The molecule has 0 nitrogen and oxygen atoms in total. The van der Waals surface area contributed by atoms with Gasteiger partial charge in [0.2, 0.25) is 0 Å². The predicted octanol–water partition coefficient (Wildman–Crippen LogP) is 1.46. The Hall–Kier alpha value is 0.280. The van der Waals surface area contributed by atoms with Crippen LogP contribution in [-0.2, 0) is 0 Å². The summed E-state index contributed by atoms with van der Waals surface area (Å²) in [6.07, 6.45) is 6.69. The molecule has 0 aliphatic rings. The zero-order valence-electron chi connectivity index (χ0n) is 4.83. The summed E-state index contributed by atoms with van der Waals surface area (Å²) < 4.78 is 12.5. The molecule has 0 heterocycles. The molecule has 0 rings (SSSR count). The minimum absolute atomic E-state index is 1.67. The zero-order valence-corrected chi connectivity index (χ0v) is 5.72. The van der Waals surface area contributed by atoms with E-state index in [9.17, 15) is 3.89 Å². The summed E-state index contributed by atoms with van der Waals surface area (Å²) in [7, 11) is -2.55. The second-order valence-electron chi connectivity index (χ2n) is 3.36. The van der Waals surface area contributed by atoms with Crippen LogP contribution in [0, 0.1) is 0 Å². The second-order valence-corrected chi connectivity index (χ2v) is 10.1. The van der Waals surface area contributed by atoms with E-state index >= 15 is 0 Å². The summed E-state index contributed by atoms with van der Waals surface area (Å²) in [5.74, 6) is 0. The Bertz CT molecular complexity index is 40.7. The van der Waals surface area contributed by atoms with Crippen molar-refractivity contribution in [1.29, 1.82) is 0 Å². The van der Waals surface area contributed by atoms with E-state index in [1.807, 2.05) is 0 Å². The monoisotopic (exact) mass is 112 g/mol. The highest BCUT2D eigenvalue weighted by Gasteiger charge is 2.12. The predicted molar refractivity (Wildman–Crippen MR) is 33.8 cm³/mol. The van der Waals surface area contributed by atoms with Gasteiger partial charge in [0, 0.05) is 0 Å². The third-order valence-electron chi connectivity index (χ3n) is 0. The first-order valence-electron chi connectivity index (χ1n) is 1.96. The van der Waals surface area contributed by atoms with E-state index in [1.165, 1.54) is 0 Å². The zero-order chi connectivity index (χ0) is 5.45. The lowest BCUT2D eigenvalue weighted by Gasteiger charge is -2.36. The normalized spacial score (nSPS) is 19.2. The minimum Gasteiger partial charge on any atom is -0.211 e. The summed E-state index contributed by atoms with van der Waals surface area (Å²) in [6, 6.07) is 0. The van der Waals surface area contributed by atoms with Crippen LogP contribution >= 0.6 is 9.55 Å². The van der Waals surface area contributed by atoms with Gasteiger partial charge in [0.05, 0.1) is 0 Å². The van der Waals surface area contributed by atoms with Gasteiger partial charge in [-0.1, -0.05) is 0 Å². The van der Waals surface area contributed by atoms with E-state index in [-0.39, 0.29) is 0 Å². The lowest BCUT2D eigenvalue weighted by atomic mass is 11.8. The number of rotatable bonds is 0. The van der Waals surface area contributed by atoms with Gasteiger partial charge >= 0.3 is 0 Å². The molecule has 0 aromatic rings. The molecular weight excluding hydrogens is 99.1 g/mol. The molecule has 0 fully saturated rings. The summed E-state index contributed by atoms with van der Waals surface area (Å²) in [5, 5.41) is 0. The largest absolute Gasteiger partial charge is 0.211 e. The van der Waals surface area contributed by atoms with Gasteiger partial charge in [-0.25, -0.2) is 3.89 Å². The smallest absolute Gasteiger partial charge is 0.0262 e. The first-order valence-corrected chi connectivity index (χ1v) is 5.87. The topological polar surface area (TPSA) is 0 Å². The van der Waals surface area contributed by atoms with Crippen molar-refractivity contribution in [1.82, 2.24) is 0 Å². The van der Waals surface area contributed by atoms with Crippen LogP contribution in [0.5, 0.6) is 0 Å². The Labute approximate surface area is 39.3 Å². The SMILES string of the molecule is C[SH](C)(C)(C)F. The first kappa shape index (κ1) is 6.28. The molecule has 0 aromatic carbocycles. The van der Waals surface area contributed by atoms with Crippen molar-refractivity contribution in [2.24, 2.45) is 0 Å². The van der Waals surface area contributed by atoms with Crippen molar-refractivity contribution < 1.29 is 3.89 Å². The van der Waals surface area contributed by atoms with Crippen LogP contribution in [0.3, 0.4) is 0 Å². The maximum Gasteiger partial charge on any atom is -0.0262 e. The van der Waals surface area contributed by atoms with Gasteiger partial charge in [-0.2, -0.15) is 9.55 Å². The van der Waals surface area contributed by atoms with Crippen LogP contribution in [0.25, 0.3) is 0 Å². The molecule has 0 radical (unpaired) electrons. The highest BCUT2D eigenvalue weighted by Crippen LogP contribution is 2.56. The van der Waals surface area contributed by atoms with E-state index in [2.05, 4.69) is 0 Å². The molecule has 42 valence electrons. The Kier molecular flexibility index (Phi) is 0.958. The lowest BCUT2D eigenvalue weighted by Crippen LogP contribution is -1.99. The molecule has 0 aliphatic carbocycles. The van der Waals surface area contributed by atoms with Gasteiger partial charge in [0.15, 0.2) is 0 Å². The van der Waals surface area contributed by atoms with Crippen molar-refractivity contribution in [2.45, 2.75) is 0 Å². The first-order chi connectivity index (χ1) is 2.24. The fourth-order valence-electron chi connectivity index (χ4n) is 0. The molecular formula is C4H13FS. The molecule has 0 N–H and O–H groups in total. The molecule has 0 spiro atoms. The molecule has 0 aromatic heterocycles. The summed E-state index contributed by atoms with van der Waals surface area (Å²) in [4.78, 5) is 0. The molecule has 2 heteroatoms. The van der Waals surface area contributed by atoms with Gasteiger partial charge < -0.3 is 0 Å². The molecule has 0 saturated carbocycles. The number of halogens is 1. The highest BCUT2D eigenvalue weighted by atomic mass is 32.3. The third kappa shape index (κ3) is 587. The Morgan fingerprint density at radius 3 is 1.00 bits per heavy atom. The van der Waals surface area contributed by atoms with E-state index in [0.29, 0.717) is 0 Å². The van der Waals surface area contributed by atoms with Crippen molar-refractivity contribution in [2.75, 3.05) is 25.0 Å². The maximum atomic E-state index is 12.5. The van der Waals surface area contributed by atoms with Crippen LogP contribution in [0.2, 0.25) is 0 Å². The van der Waals surface area contributed by atoms with Gasteiger partial charge in [0.25, 0.3) is 0 Å².